The Balaban J connectivity index is 5.02. The lowest BCUT2D eigenvalue weighted by molar-refractivity contribution is -0.161. The van der Waals surface area contributed by atoms with Gasteiger partial charge in [0.15, 0.2) is 12.2 Å². The zero-order valence-electron chi connectivity index (χ0n) is 54.7. The first-order valence-corrected chi connectivity index (χ1v) is 37.7. The second-order valence-electron chi connectivity index (χ2n) is 24.1. The number of carbonyl (C=O) groups is 4. The summed E-state index contributed by atoms with van der Waals surface area (Å²) < 4.78 is 67.6. The minimum Gasteiger partial charge on any atom is -0.462 e. The Morgan fingerprint density at radius 1 is 0.329 bits per heavy atom. The van der Waals surface area contributed by atoms with Crippen molar-refractivity contribution in [2.45, 2.75) is 355 Å². The second kappa shape index (κ2) is 59.7. The molecule has 6 atom stereocenters. The fourth-order valence-electron chi connectivity index (χ4n) is 9.90. The maximum atomic E-state index is 13.0. The van der Waals surface area contributed by atoms with E-state index in [0.29, 0.717) is 25.7 Å². The number of ether oxygens (including phenoxy) is 4. The van der Waals surface area contributed by atoms with Crippen LogP contribution in [0.2, 0.25) is 0 Å². The Kier molecular flexibility index (Phi) is 58.3. The zero-order valence-corrected chi connectivity index (χ0v) is 56.5. The molecule has 0 saturated carbocycles. The summed E-state index contributed by atoms with van der Waals surface area (Å²) in [5, 5.41) is 10.5. The largest absolute Gasteiger partial charge is 0.472 e. The molecule has 0 amide bonds. The van der Waals surface area contributed by atoms with Crippen molar-refractivity contribution in [3.63, 3.8) is 0 Å². The Hall–Kier alpha value is -1.94. The molecule has 0 radical (unpaired) electrons. The topological polar surface area (TPSA) is 237 Å². The number of phosphoric ester groups is 2. The smallest absolute Gasteiger partial charge is 0.462 e. The summed E-state index contributed by atoms with van der Waals surface area (Å²) in [5.41, 5.74) is 0. The average Bonchev–Trinajstić information content (AvgIpc) is 3.50. The molecule has 504 valence electrons. The van der Waals surface area contributed by atoms with E-state index in [-0.39, 0.29) is 25.7 Å². The van der Waals surface area contributed by atoms with Crippen LogP contribution in [0.4, 0.5) is 0 Å². The molecule has 3 unspecified atom stereocenters. The van der Waals surface area contributed by atoms with E-state index in [0.717, 1.165) is 102 Å². The third-order valence-corrected chi connectivity index (χ3v) is 17.5. The molecule has 0 fully saturated rings. The first kappa shape index (κ1) is 83.1. The van der Waals surface area contributed by atoms with E-state index in [1.165, 1.54) is 154 Å². The van der Waals surface area contributed by atoms with Crippen LogP contribution in [0.1, 0.15) is 336 Å². The van der Waals surface area contributed by atoms with Crippen molar-refractivity contribution in [3.8, 4) is 0 Å². The Morgan fingerprint density at radius 2 is 0.565 bits per heavy atom. The molecule has 0 heterocycles. The van der Waals surface area contributed by atoms with Crippen LogP contribution in [0.3, 0.4) is 0 Å². The van der Waals surface area contributed by atoms with E-state index in [4.69, 9.17) is 37.0 Å². The molecule has 17 nitrogen and oxygen atoms in total. The molecule has 0 aromatic rings. The number of aliphatic hydroxyl groups is 1. The van der Waals surface area contributed by atoms with Gasteiger partial charge in [-0.1, -0.05) is 285 Å². The summed E-state index contributed by atoms with van der Waals surface area (Å²) in [4.78, 5) is 71.7. The molecular weight excluding hydrogens is 1130 g/mol. The normalized spacial score (nSPS) is 14.5. The highest BCUT2D eigenvalue weighted by atomic mass is 31.2. The summed E-state index contributed by atoms with van der Waals surface area (Å²) in [5.74, 6) is -1.28. The number of aliphatic hydroxyl groups excluding tert-OH is 1. The minimum absolute atomic E-state index is 0.0990. The molecule has 3 N–H and O–H groups in total. The summed E-state index contributed by atoms with van der Waals surface area (Å²) in [7, 11) is -9.87. The highest BCUT2D eigenvalue weighted by molar-refractivity contribution is 7.47. The van der Waals surface area contributed by atoms with Crippen molar-refractivity contribution in [2.24, 2.45) is 5.92 Å². The Morgan fingerprint density at radius 3 is 0.835 bits per heavy atom. The lowest BCUT2D eigenvalue weighted by Crippen LogP contribution is -2.30. The molecule has 0 aromatic heterocycles. The van der Waals surface area contributed by atoms with E-state index in [1.807, 2.05) is 0 Å². The van der Waals surface area contributed by atoms with Crippen LogP contribution in [-0.4, -0.2) is 96.7 Å². The van der Waals surface area contributed by atoms with Gasteiger partial charge in [0.25, 0.3) is 0 Å². The third-order valence-electron chi connectivity index (χ3n) is 15.6. The van der Waals surface area contributed by atoms with Crippen LogP contribution < -0.4 is 0 Å². The van der Waals surface area contributed by atoms with Gasteiger partial charge in [0.1, 0.15) is 19.3 Å². The van der Waals surface area contributed by atoms with Gasteiger partial charge in [-0.15, -0.1) is 0 Å². The van der Waals surface area contributed by atoms with E-state index >= 15 is 0 Å². The van der Waals surface area contributed by atoms with Gasteiger partial charge < -0.3 is 33.8 Å². The van der Waals surface area contributed by atoms with Gasteiger partial charge >= 0.3 is 39.5 Å². The molecular formula is C66H128O17P2. The van der Waals surface area contributed by atoms with Crippen LogP contribution >= 0.6 is 15.6 Å². The van der Waals surface area contributed by atoms with Crippen molar-refractivity contribution >= 4 is 39.5 Å². The SMILES string of the molecule is CCCCCCCCCCCCCCCC(=O)OC[C@H](COP(=O)(O)OC[C@@H](O)COP(=O)(O)OC[C@@H](COC(=O)CCCCCCC)OC(=O)CCCCCCC)OC(=O)CCCCCCCCCCCCCCCCCCCCC(C)CC. The van der Waals surface area contributed by atoms with E-state index in [9.17, 15) is 43.2 Å². The van der Waals surface area contributed by atoms with Gasteiger partial charge in [-0.05, 0) is 31.6 Å². The summed E-state index contributed by atoms with van der Waals surface area (Å²) in [6, 6.07) is 0. The van der Waals surface area contributed by atoms with Gasteiger partial charge in [0.05, 0.1) is 26.4 Å². The van der Waals surface area contributed by atoms with Crippen LogP contribution in [0, 0.1) is 5.92 Å². The maximum Gasteiger partial charge on any atom is 0.472 e. The van der Waals surface area contributed by atoms with E-state index < -0.39 is 97.5 Å². The zero-order chi connectivity index (χ0) is 62.8. The Labute approximate surface area is 517 Å². The number of phosphoric acid groups is 2. The Bertz CT molecular complexity index is 1650. The van der Waals surface area contributed by atoms with Crippen molar-refractivity contribution in [1.82, 2.24) is 0 Å². The van der Waals surface area contributed by atoms with E-state index in [1.54, 1.807) is 0 Å². The molecule has 0 aliphatic rings. The number of hydrogen-bond acceptors (Lipinski definition) is 15. The number of esters is 4. The maximum absolute atomic E-state index is 13.0. The van der Waals surface area contributed by atoms with Gasteiger partial charge in [-0.25, -0.2) is 9.13 Å². The minimum atomic E-state index is -4.94. The molecule has 0 aromatic carbocycles. The van der Waals surface area contributed by atoms with Crippen LogP contribution in [-0.2, 0) is 65.4 Å². The highest BCUT2D eigenvalue weighted by Gasteiger charge is 2.30. The van der Waals surface area contributed by atoms with E-state index in [2.05, 4.69) is 34.6 Å². The monoisotopic (exact) mass is 1250 g/mol. The predicted molar refractivity (Wildman–Crippen MR) is 340 cm³/mol. The van der Waals surface area contributed by atoms with Gasteiger partial charge in [-0.2, -0.15) is 0 Å². The van der Waals surface area contributed by atoms with Gasteiger partial charge in [-0.3, -0.25) is 37.3 Å². The molecule has 85 heavy (non-hydrogen) atoms. The second-order valence-corrected chi connectivity index (χ2v) is 27.0. The fourth-order valence-corrected chi connectivity index (χ4v) is 11.5. The standard InChI is InChI=1S/C66H128O17P2/c1-6-10-13-16-17-18-19-26-30-33-36-41-45-50-64(69)77-56-62(83-66(71)52-47-42-37-34-31-28-25-23-21-20-22-24-27-29-32-35-40-43-48-59(5)9-4)58-81-85(74,75)79-54-60(67)53-78-84(72,73)80-57-61(82-65(70)51-46-39-15-12-8-3)55-76-63(68)49-44-38-14-11-7-2/h59-62,67H,6-58H2,1-5H3,(H,72,73)(H,74,75)/t59?,60-,61+,62+/m0/s1. The summed E-state index contributed by atoms with van der Waals surface area (Å²) in [6.45, 7) is 7.09. The first-order valence-electron chi connectivity index (χ1n) is 34.7. The van der Waals surface area contributed by atoms with Crippen LogP contribution in [0.5, 0.6) is 0 Å². The number of carbonyl (C=O) groups excluding carboxylic acids is 4. The van der Waals surface area contributed by atoms with Crippen molar-refractivity contribution in [2.75, 3.05) is 39.6 Å². The van der Waals surface area contributed by atoms with Gasteiger partial charge in [0.2, 0.25) is 0 Å². The molecule has 0 aliphatic heterocycles. The van der Waals surface area contributed by atoms with Gasteiger partial charge in [0, 0.05) is 25.7 Å². The number of rotatable bonds is 66. The molecule has 0 spiro atoms. The summed E-state index contributed by atoms with van der Waals surface area (Å²) in [6.07, 6.45) is 45.4. The van der Waals surface area contributed by atoms with Crippen molar-refractivity contribution in [3.05, 3.63) is 0 Å². The third kappa shape index (κ3) is 59.5. The number of unbranched alkanes of at least 4 members (excludes halogenated alkanes) is 37. The van der Waals surface area contributed by atoms with Crippen LogP contribution in [0.15, 0.2) is 0 Å². The molecule has 0 rings (SSSR count). The quantitative estimate of drug-likeness (QED) is 0.0222. The number of hydrogen-bond donors (Lipinski definition) is 3. The molecule has 0 aliphatic carbocycles. The predicted octanol–water partition coefficient (Wildman–Crippen LogP) is 18.6. The molecule has 0 bridgehead atoms. The lowest BCUT2D eigenvalue weighted by Gasteiger charge is -2.21. The summed E-state index contributed by atoms with van der Waals surface area (Å²) >= 11 is 0. The molecule has 0 saturated heterocycles. The first-order chi connectivity index (χ1) is 41.1. The average molecular weight is 1260 g/mol. The van der Waals surface area contributed by atoms with Crippen molar-refractivity contribution < 1.29 is 80.2 Å². The highest BCUT2D eigenvalue weighted by Crippen LogP contribution is 2.45. The lowest BCUT2D eigenvalue weighted by atomic mass is 9.99. The fraction of sp³-hybridized carbons (Fsp3) is 0.939. The molecule has 19 heteroatoms. The van der Waals surface area contributed by atoms with Crippen molar-refractivity contribution in [1.29, 1.82) is 0 Å². The van der Waals surface area contributed by atoms with Crippen LogP contribution in [0.25, 0.3) is 0 Å².